The van der Waals surface area contributed by atoms with E-state index in [2.05, 4.69) is 9.97 Å². The summed E-state index contributed by atoms with van der Waals surface area (Å²) >= 11 is 1.62. The molecule has 2 aromatic rings. The number of aliphatic carboxylic acids is 1. The molecule has 1 fully saturated rings. The quantitative estimate of drug-likeness (QED) is 0.685. The van der Waals surface area contributed by atoms with E-state index in [-0.39, 0.29) is 30.6 Å². The van der Waals surface area contributed by atoms with Crippen molar-refractivity contribution in [3.8, 4) is 5.88 Å². The van der Waals surface area contributed by atoms with Crippen molar-refractivity contribution in [2.75, 3.05) is 7.05 Å². The summed E-state index contributed by atoms with van der Waals surface area (Å²) in [6.07, 6.45) is 6.38. The summed E-state index contributed by atoms with van der Waals surface area (Å²) in [7, 11) is 1.80. The summed E-state index contributed by atoms with van der Waals surface area (Å²) < 4.78 is 11.8. The lowest BCUT2D eigenvalue weighted by Gasteiger charge is -2.35. The Labute approximate surface area is 191 Å². The lowest BCUT2D eigenvalue weighted by molar-refractivity contribution is -0.137. The van der Waals surface area contributed by atoms with Gasteiger partial charge in [-0.25, -0.2) is 14.8 Å². The highest BCUT2D eigenvalue weighted by Crippen LogP contribution is 2.47. The highest BCUT2D eigenvalue weighted by atomic mass is 32.1. The summed E-state index contributed by atoms with van der Waals surface area (Å²) in [5.74, 6) is -0.231. The van der Waals surface area contributed by atoms with Crippen LogP contribution in [0.2, 0.25) is 0 Å². The van der Waals surface area contributed by atoms with Crippen LogP contribution in [-0.2, 0) is 16.0 Å². The minimum Gasteiger partial charge on any atom is -0.481 e. The number of ether oxygens (including phenoxy) is 2. The zero-order valence-corrected chi connectivity index (χ0v) is 19.9. The zero-order chi connectivity index (χ0) is 23.0. The number of nitrogens with zero attached hydrogens (tertiary/aromatic N) is 3. The molecule has 2 aliphatic carbocycles. The lowest BCUT2D eigenvalue weighted by Crippen LogP contribution is -2.43. The van der Waals surface area contributed by atoms with E-state index in [0.29, 0.717) is 5.88 Å². The van der Waals surface area contributed by atoms with E-state index in [9.17, 15) is 14.7 Å². The van der Waals surface area contributed by atoms with Crippen molar-refractivity contribution < 1.29 is 24.2 Å². The minimum atomic E-state index is -0.783. The first kappa shape index (κ1) is 22.8. The number of hydrogen-bond donors (Lipinski definition) is 1. The molecule has 2 aliphatic rings. The third-order valence-corrected chi connectivity index (χ3v) is 7.44. The Morgan fingerprint density at radius 1 is 1.19 bits per heavy atom. The number of fused-ring (bicyclic) bond motifs is 3. The molecule has 0 spiro atoms. The molecule has 1 saturated carbocycles. The van der Waals surface area contributed by atoms with Gasteiger partial charge in [-0.1, -0.05) is 0 Å². The molecule has 8 nitrogen and oxygen atoms in total. The topological polar surface area (TPSA) is 102 Å². The van der Waals surface area contributed by atoms with Gasteiger partial charge in [-0.3, -0.25) is 4.79 Å². The van der Waals surface area contributed by atoms with Crippen LogP contribution in [0.5, 0.6) is 5.88 Å². The van der Waals surface area contributed by atoms with Gasteiger partial charge in [0, 0.05) is 18.0 Å². The third kappa shape index (κ3) is 4.82. The molecule has 9 heteroatoms. The molecule has 2 heterocycles. The second kappa shape index (κ2) is 8.84. The molecule has 0 saturated heterocycles. The number of thiophene rings is 1. The number of hydrogen-bond acceptors (Lipinski definition) is 7. The van der Waals surface area contributed by atoms with Gasteiger partial charge < -0.3 is 19.5 Å². The van der Waals surface area contributed by atoms with Crippen molar-refractivity contribution >= 4 is 33.6 Å². The molecule has 0 bridgehead atoms. The maximum Gasteiger partial charge on any atom is 0.410 e. The van der Waals surface area contributed by atoms with Gasteiger partial charge in [-0.2, -0.15) is 0 Å². The van der Waals surface area contributed by atoms with E-state index in [1.165, 1.54) is 11.2 Å². The van der Waals surface area contributed by atoms with Crippen LogP contribution in [0, 0.1) is 0 Å². The van der Waals surface area contributed by atoms with Gasteiger partial charge in [0.15, 0.2) is 0 Å². The first-order valence-corrected chi connectivity index (χ1v) is 12.0. The second-order valence-electron chi connectivity index (χ2n) is 9.77. The number of carboxylic acids is 1. The van der Waals surface area contributed by atoms with E-state index in [0.717, 1.165) is 54.3 Å². The predicted molar refractivity (Wildman–Crippen MR) is 121 cm³/mol. The molecule has 1 amide bonds. The predicted octanol–water partition coefficient (Wildman–Crippen LogP) is 4.75. The van der Waals surface area contributed by atoms with Gasteiger partial charge in [-0.05, 0) is 70.8 Å². The zero-order valence-electron chi connectivity index (χ0n) is 19.1. The average molecular weight is 462 g/mol. The van der Waals surface area contributed by atoms with Gasteiger partial charge in [-0.15, -0.1) is 11.3 Å². The minimum absolute atomic E-state index is 0.00580. The highest BCUT2D eigenvalue weighted by molar-refractivity contribution is 7.19. The summed E-state index contributed by atoms with van der Waals surface area (Å²) in [6, 6.07) is 0.125. The molecule has 1 atom stereocenters. The number of carbonyl (C=O) groups excluding carboxylic acids is 1. The first-order chi connectivity index (χ1) is 15.1. The Kier molecular flexibility index (Phi) is 6.29. The van der Waals surface area contributed by atoms with Crippen LogP contribution in [-0.4, -0.2) is 56.8 Å². The standard InChI is InChI=1S/C23H31N3O5S/c1-23(2,3)31-22(29)26(4)14-6-8-15(9-7-14)30-20-19-18-13(11-17(27)28)5-10-16(18)32-21(19)25-12-24-20/h12-15H,5-11H2,1-4H3,(H,27,28)/t13-,14?,15?/m1/s1. The lowest BCUT2D eigenvalue weighted by atomic mass is 9.92. The fraction of sp³-hybridized carbons (Fsp3) is 0.652. The SMILES string of the molecule is CN(C(=O)OC(C)(C)C)C1CCC(Oc2ncnc3sc4c(c23)[C@@H](CC(=O)O)CC4)CC1. The molecule has 0 aromatic carbocycles. The average Bonchev–Trinajstić information content (AvgIpc) is 3.26. The molecule has 174 valence electrons. The van der Waals surface area contributed by atoms with Crippen LogP contribution in [0.15, 0.2) is 6.33 Å². The van der Waals surface area contributed by atoms with Gasteiger partial charge in [0.25, 0.3) is 0 Å². The van der Waals surface area contributed by atoms with E-state index in [1.807, 2.05) is 20.8 Å². The van der Waals surface area contributed by atoms with Crippen molar-refractivity contribution in [3.05, 3.63) is 16.8 Å². The molecule has 2 aromatic heterocycles. The summed E-state index contributed by atoms with van der Waals surface area (Å²) in [5.41, 5.74) is 0.560. The largest absolute Gasteiger partial charge is 0.481 e. The van der Waals surface area contributed by atoms with Crippen LogP contribution in [0.4, 0.5) is 4.79 Å². The molecular formula is C23H31N3O5S. The first-order valence-electron chi connectivity index (χ1n) is 11.2. The molecule has 32 heavy (non-hydrogen) atoms. The Morgan fingerprint density at radius 2 is 1.91 bits per heavy atom. The Balaban J connectivity index is 1.44. The van der Waals surface area contributed by atoms with Crippen molar-refractivity contribution in [1.29, 1.82) is 0 Å². The van der Waals surface area contributed by atoms with Crippen molar-refractivity contribution in [1.82, 2.24) is 14.9 Å². The summed E-state index contributed by atoms with van der Waals surface area (Å²) in [6.45, 7) is 5.61. The van der Waals surface area contributed by atoms with E-state index < -0.39 is 11.6 Å². The molecule has 0 unspecified atom stereocenters. The smallest absolute Gasteiger partial charge is 0.410 e. The molecule has 0 aliphatic heterocycles. The normalized spacial score (nSPS) is 23.1. The van der Waals surface area contributed by atoms with Crippen molar-refractivity contribution in [2.45, 2.75) is 89.4 Å². The van der Waals surface area contributed by atoms with Gasteiger partial charge in [0.1, 0.15) is 22.9 Å². The van der Waals surface area contributed by atoms with E-state index in [4.69, 9.17) is 9.47 Å². The van der Waals surface area contributed by atoms with Gasteiger partial charge in [0.05, 0.1) is 11.8 Å². The van der Waals surface area contributed by atoms with Gasteiger partial charge >= 0.3 is 12.1 Å². The summed E-state index contributed by atoms with van der Waals surface area (Å²) in [4.78, 5) is 36.3. The monoisotopic (exact) mass is 461 g/mol. The Morgan fingerprint density at radius 3 is 2.56 bits per heavy atom. The van der Waals surface area contributed by atoms with E-state index in [1.54, 1.807) is 23.3 Å². The number of carboxylic acid groups (broad SMARTS) is 1. The number of aromatic nitrogens is 2. The fourth-order valence-electron chi connectivity index (χ4n) is 4.74. The second-order valence-corrected chi connectivity index (χ2v) is 10.9. The molecule has 1 N–H and O–H groups in total. The highest BCUT2D eigenvalue weighted by Gasteiger charge is 2.33. The Bertz CT molecular complexity index is 1010. The van der Waals surface area contributed by atoms with Crippen LogP contribution >= 0.6 is 11.3 Å². The molecule has 0 radical (unpaired) electrons. The Hall–Kier alpha value is -2.42. The van der Waals surface area contributed by atoms with Crippen molar-refractivity contribution in [2.24, 2.45) is 0 Å². The van der Waals surface area contributed by atoms with Crippen LogP contribution in [0.3, 0.4) is 0 Å². The molecular weight excluding hydrogens is 430 g/mol. The van der Waals surface area contributed by atoms with Crippen LogP contribution in [0.25, 0.3) is 10.2 Å². The molecule has 4 rings (SSSR count). The van der Waals surface area contributed by atoms with Gasteiger partial charge in [0.2, 0.25) is 5.88 Å². The fourth-order valence-corrected chi connectivity index (χ4v) is 5.97. The third-order valence-electron chi connectivity index (χ3n) is 6.27. The number of aryl methyl sites for hydroxylation is 1. The number of carbonyl (C=O) groups is 2. The number of amides is 1. The van der Waals surface area contributed by atoms with Crippen LogP contribution in [0.1, 0.15) is 75.7 Å². The maximum atomic E-state index is 12.4. The van der Waals surface area contributed by atoms with E-state index >= 15 is 0 Å². The summed E-state index contributed by atoms with van der Waals surface area (Å²) in [5, 5.41) is 10.2. The maximum absolute atomic E-state index is 12.4. The number of rotatable bonds is 5. The van der Waals surface area contributed by atoms with Crippen LogP contribution < -0.4 is 4.74 Å². The van der Waals surface area contributed by atoms with Crippen molar-refractivity contribution in [3.63, 3.8) is 0 Å².